The van der Waals surface area contributed by atoms with Crippen LogP contribution < -0.4 is 9.47 Å². The van der Waals surface area contributed by atoms with Crippen molar-refractivity contribution < 1.29 is 9.47 Å². The largest absolute Gasteiger partial charge is 0.496 e. The van der Waals surface area contributed by atoms with E-state index in [1.165, 1.54) is 31.4 Å². The van der Waals surface area contributed by atoms with Gasteiger partial charge in [0, 0.05) is 30.8 Å². The van der Waals surface area contributed by atoms with Crippen molar-refractivity contribution in [2.45, 2.75) is 52.6 Å². The van der Waals surface area contributed by atoms with Crippen LogP contribution in [0.2, 0.25) is 0 Å². The number of rotatable bonds is 4. The molecule has 0 amide bonds. The minimum absolute atomic E-state index is 0.455. The summed E-state index contributed by atoms with van der Waals surface area (Å²) >= 11 is 3.61. The van der Waals surface area contributed by atoms with Gasteiger partial charge in [-0.05, 0) is 52.1 Å². The van der Waals surface area contributed by atoms with Crippen LogP contribution in [0.25, 0.3) is 0 Å². The Morgan fingerprint density at radius 2 is 1.83 bits per heavy atom. The summed E-state index contributed by atoms with van der Waals surface area (Å²) in [6, 6.07) is 4.81. The van der Waals surface area contributed by atoms with Crippen LogP contribution in [0.4, 0.5) is 0 Å². The Bertz CT molecular complexity index is 601. The van der Waals surface area contributed by atoms with Crippen molar-refractivity contribution in [3.05, 3.63) is 22.2 Å². The molecule has 0 N–H and O–H groups in total. The standard InChI is InChI=1S/C19H28BrNO2/c1-18(2)8-14-9-19(3,11-18)12-21(14)10-13-6-15(20)17(23-5)7-16(13)22-4/h6-7,14H,8-12H2,1-5H3/t14-,19-/m0/s1. The smallest absolute Gasteiger partial charge is 0.136 e. The van der Waals surface area contributed by atoms with Gasteiger partial charge in [0.1, 0.15) is 11.5 Å². The average molecular weight is 382 g/mol. The summed E-state index contributed by atoms with van der Waals surface area (Å²) in [4.78, 5) is 2.66. The SMILES string of the molecule is COc1cc(OC)c(CN2C[C@@]3(C)C[C@@H]2CC(C)(C)C3)cc1Br. The lowest BCUT2D eigenvalue weighted by molar-refractivity contribution is 0.126. The Morgan fingerprint density at radius 3 is 2.48 bits per heavy atom. The van der Waals surface area contributed by atoms with Gasteiger partial charge in [-0.3, -0.25) is 4.90 Å². The summed E-state index contributed by atoms with van der Waals surface area (Å²) < 4.78 is 12.0. The molecule has 23 heavy (non-hydrogen) atoms. The molecular formula is C19H28BrNO2. The number of halogens is 1. The maximum atomic E-state index is 5.60. The van der Waals surface area contributed by atoms with Crippen molar-refractivity contribution >= 4 is 15.9 Å². The van der Waals surface area contributed by atoms with Gasteiger partial charge in [0.15, 0.2) is 0 Å². The topological polar surface area (TPSA) is 21.7 Å². The Balaban J connectivity index is 1.84. The minimum atomic E-state index is 0.455. The van der Waals surface area contributed by atoms with E-state index < -0.39 is 0 Å². The number of likely N-dealkylation sites (tertiary alicyclic amines) is 1. The van der Waals surface area contributed by atoms with Crippen molar-refractivity contribution in [2.24, 2.45) is 10.8 Å². The molecule has 0 radical (unpaired) electrons. The van der Waals surface area contributed by atoms with E-state index in [4.69, 9.17) is 9.47 Å². The molecule has 128 valence electrons. The highest BCUT2D eigenvalue weighted by Crippen LogP contribution is 2.53. The van der Waals surface area contributed by atoms with Crippen LogP contribution in [0.15, 0.2) is 16.6 Å². The highest BCUT2D eigenvalue weighted by molar-refractivity contribution is 9.10. The first-order valence-corrected chi connectivity index (χ1v) is 9.19. The van der Waals surface area contributed by atoms with Gasteiger partial charge in [-0.15, -0.1) is 0 Å². The molecule has 1 heterocycles. The van der Waals surface area contributed by atoms with Crippen molar-refractivity contribution in [1.82, 2.24) is 4.90 Å². The molecule has 3 rings (SSSR count). The number of hydrogen-bond donors (Lipinski definition) is 0. The lowest BCUT2D eigenvalue weighted by Crippen LogP contribution is -2.34. The number of benzene rings is 1. The van der Waals surface area contributed by atoms with E-state index in [-0.39, 0.29) is 0 Å². The lowest BCUT2D eigenvalue weighted by Gasteiger charge is -2.40. The number of hydrogen-bond acceptors (Lipinski definition) is 3. The normalized spacial score (nSPS) is 29.6. The van der Waals surface area contributed by atoms with Gasteiger partial charge in [-0.2, -0.15) is 0 Å². The summed E-state index contributed by atoms with van der Waals surface area (Å²) in [5, 5.41) is 0. The quantitative estimate of drug-likeness (QED) is 0.742. The zero-order valence-corrected chi connectivity index (χ0v) is 16.5. The Hall–Kier alpha value is -0.740. The summed E-state index contributed by atoms with van der Waals surface area (Å²) in [6.45, 7) is 9.44. The fourth-order valence-electron chi connectivity index (χ4n) is 5.03. The minimum Gasteiger partial charge on any atom is -0.496 e. The molecule has 0 spiro atoms. The molecule has 1 aliphatic heterocycles. The maximum absolute atomic E-state index is 5.60. The van der Waals surface area contributed by atoms with E-state index >= 15 is 0 Å². The molecule has 1 aliphatic carbocycles. The molecule has 0 unspecified atom stereocenters. The zero-order chi connectivity index (χ0) is 16.8. The van der Waals surface area contributed by atoms with E-state index in [0.717, 1.165) is 22.5 Å². The third kappa shape index (κ3) is 3.39. The molecule has 0 aromatic heterocycles. The van der Waals surface area contributed by atoms with Crippen molar-refractivity contribution in [2.75, 3.05) is 20.8 Å². The second-order valence-corrected chi connectivity index (χ2v) is 9.27. The van der Waals surface area contributed by atoms with Gasteiger partial charge in [-0.1, -0.05) is 20.8 Å². The molecule has 1 aromatic carbocycles. The first-order chi connectivity index (χ1) is 10.8. The Kier molecular flexibility index (Phi) is 4.43. The first kappa shape index (κ1) is 17.1. The van der Waals surface area contributed by atoms with E-state index in [0.29, 0.717) is 16.9 Å². The molecule has 4 heteroatoms. The predicted octanol–water partition coefficient (Wildman–Crippen LogP) is 4.87. The molecule has 2 aliphatic rings. The van der Waals surface area contributed by atoms with Gasteiger partial charge in [0.05, 0.1) is 18.7 Å². The van der Waals surface area contributed by atoms with Gasteiger partial charge in [-0.25, -0.2) is 0 Å². The van der Waals surface area contributed by atoms with E-state index in [1.54, 1.807) is 14.2 Å². The van der Waals surface area contributed by atoms with Crippen molar-refractivity contribution in [1.29, 1.82) is 0 Å². The van der Waals surface area contributed by atoms with Gasteiger partial charge >= 0.3 is 0 Å². The highest BCUT2D eigenvalue weighted by Gasteiger charge is 2.49. The molecule has 3 nitrogen and oxygen atoms in total. The number of nitrogens with zero attached hydrogens (tertiary/aromatic N) is 1. The third-order valence-electron chi connectivity index (χ3n) is 5.45. The molecule has 2 atom stereocenters. The van der Waals surface area contributed by atoms with Crippen LogP contribution in [-0.4, -0.2) is 31.7 Å². The second kappa shape index (κ2) is 5.96. The zero-order valence-electron chi connectivity index (χ0n) is 14.9. The predicted molar refractivity (Wildman–Crippen MR) is 97.2 cm³/mol. The van der Waals surface area contributed by atoms with E-state index in [2.05, 4.69) is 47.7 Å². The van der Waals surface area contributed by atoms with Gasteiger partial charge in [0.2, 0.25) is 0 Å². The first-order valence-electron chi connectivity index (χ1n) is 8.40. The maximum Gasteiger partial charge on any atom is 0.136 e. The van der Waals surface area contributed by atoms with E-state index in [1.807, 2.05) is 6.07 Å². The highest BCUT2D eigenvalue weighted by atomic mass is 79.9. The van der Waals surface area contributed by atoms with Crippen LogP contribution in [0, 0.1) is 10.8 Å². The lowest BCUT2D eigenvalue weighted by atomic mass is 9.65. The van der Waals surface area contributed by atoms with Crippen LogP contribution in [0.5, 0.6) is 11.5 Å². The summed E-state index contributed by atoms with van der Waals surface area (Å²) in [7, 11) is 3.42. The Labute approximate surface area is 148 Å². The average Bonchev–Trinajstić information content (AvgIpc) is 2.67. The molecule has 1 saturated carbocycles. The van der Waals surface area contributed by atoms with Gasteiger partial charge in [0.25, 0.3) is 0 Å². The molecule has 2 bridgehead atoms. The summed E-state index contributed by atoms with van der Waals surface area (Å²) in [6.07, 6.45) is 3.95. The second-order valence-electron chi connectivity index (χ2n) is 8.42. The fraction of sp³-hybridized carbons (Fsp3) is 0.684. The number of methoxy groups -OCH3 is 2. The van der Waals surface area contributed by atoms with Crippen molar-refractivity contribution in [3.8, 4) is 11.5 Å². The van der Waals surface area contributed by atoms with Crippen LogP contribution in [-0.2, 0) is 6.54 Å². The molecular weight excluding hydrogens is 354 g/mol. The van der Waals surface area contributed by atoms with Crippen LogP contribution in [0.1, 0.15) is 45.6 Å². The number of fused-ring (bicyclic) bond motifs is 2. The van der Waals surface area contributed by atoms with Crippen molar-refractivity contribution in [3.63, 3.8) is 0 Å². The van der Waals surface area contributed by atoms with Crippen LogP contribution >= 0.6 is 15.9 Å². The molecule has 1 saturated heterocycles. The number of ether oxygens (including phenoxy) is 2. The summed E-state index contributed by atoms with van der Waals surface area (Å²) in [5.41, 5.74) is 2.15. The molecule has 1 aromatic rings. The van der Waals surface area contributed by atoms with Crippen LogP contribution in [0.3, 0.4) is 0 Å². The molecule has 2 fully saturated rings. The third-order valence-corrected chi connectivity index (χ3v) is 6.07. The Morgan fingerprint density at radius 1 is 1.13 bits per heavy atom. The van der Waals surface area contributed by atoms with Gasteiger partial charge < -0.3 is 9.47 Å². The monoisotopic (exact) mass is 381 g/mol. The summed E-state index contributed by atoms with van der Waals surface area (Å²) in [5.74, 6) is 1.73. The fourth-order valence-corrected chi connectivity index (χ4v) is 5.58. The van der Waals surface area contributed by atoms with E-state index in [9.17, 15) is 0 Å².